The molecule has 0 atom stereocenters. The second kappa shape index (κ2) is 5.76. The van der Waals surface area contributed by atoms with Gasteiger partial charge < -0.3 is 9.88 Å². The SMILES string of the molecule is CSC1(CNC(=O)c2cc(Br)cn2C2CC2)CCCC1. The second-order valence-electron chi connectivity index (χ2n) is 5.96. The number of amides is 1. The maximum atomic E-state index is 12.5. The number of hydrogen-bond acceptors (Lipinski definition) is 2. The highest BCUT2D eigenvalue weighted by atomic mass is 79.9. The maximum absolute atomic E-state index is 12.5. The number of nitrogens with one attached hydrogen (secondary N) is 1. The fraction of sp³-hybridized carbons (Fsp3) is 0.667. The molecule has 5 heteroatoms. The molecule has 0 aromatic carbocycles. The Hall–Kier alpha value is -0.420. The van der Waals surface area contributed by atoms with E-state index < -0.39 is 0 Å². The summed E-state index contributed by atoms with van der Waals surface area (Å²) in [6, 6.07) is 2.47. The van der Waals surface area contributed by atoms with Crippen molar-refractivity contribution in [3.8, 4) is 0 Å². The number of thioether (sulfide) groups is 1. The molecule has 0 spiro atoms. The molecule has 0 radical (unpaired) electrons. The van der Waals surface area contributed by atoms with Crippen LogP contribution in [0.4, 0.5) is 0 Å². The van der Waals surface area contributed by atoms with Gasteiger partial charge in [-0.3, -0.25) is 4.79 Å². The van der Waals surface area contributed by atoms with Crippen molar-refractivity contribution >= 4 is 33.6 Å². The first-order valence-electron chi connectivity index (χ1n) is 7.34. The van der Waals surface area contributed by atoms with Crippen LogP contribution >= 0.6 is 27.7 Å². The first-order valence-corrected chi connectivity index (χ1v) is 9.36. The zero-order valence-corrected chi connectivity index (χ0v) is 14.2. The van der Waals surface area contributed by atoms with E-state index in [4.69, 9.17) is 0 Å². The fourth-order valence-electron chi connectivity index (χ4n) is 3.09. The molecule has 1 aromatic rings. The molecule has 0 unspecified atom stereocenters. The second-order valence-corrected chi connectivity index (χ2v) is 8.15. The Bertz CT molecular complexity index is 504. The smallest absolute Gasteiger partial charge is 0.268 e. The molecule has 0 aliphatic heterocycles. The van der Waals surface area contributed by atoms with Crippen LogP contribution in [0.5, 0.6) is 0 Å². The third kappa shape index (κ3) is 2.93. The molecule has 3 nitrogen and oxygen atoms in total. The summed E-state index contributed by atoms with van der Waals surface area (Å²) in [4.78, 5) is 12.5. The van der Waals surface area contributed by atoms with Crippen molar-refractivity contribution in [2.45, 2.75) is 49.3 Å². The van der Waals surface area contributed by atoms with Gasteiger partial charge in [-0.2, -0.15) is 11.8 Å². The van der Waals surface area contributed by atoms with Crippen molar-refractivity contribution < 1.29 is 4.79 Å². The van der Waals surface area contributed by atoms with Crippen molar-refractivity contribution in [2.24, 2.45) is 0 Å². The first kappa shape index (κ1) is 14.5. The van der Waals surface area contributed by atoms with Crippen molar-refractivity contribution in [2.75, 3.05) is 12.8 Å². The fourth-order valence-corrected chi connectivity index (χ4v) is 4.44. The minimum absolute atomic E-state index is 0.0722. The van der Waals surface area contributed by atoms with Crippen LogP contribution in [-0.4, -0.2) is 28.0 Å². The zero-order valence-electron chi connectivity index (χ0n) is 11.8. The van der Waals surface area contributed by atoms with E-state index in [1.54, 1.807) is 0 Å². The summed E-state index contributed by atoms with van der Waals surface area (Å²) in [5.74, 6) is 0.0722. The molecule has 0 bridgehead atoms. The summed E-state index contributed by atoms with van der Waals surface area (Å²) in [6.45, 7) is 0.792. The van der Waals surface area contributed by atoms with Crippen LogP contribution in [0, 0.1) is 0 Å². The largest absolute Gasteiger partial charge is 0.349 e. The van der Waals surface area contributed by atoms with Gasteiger partial charge in [-0.25, -0.2) is 0 Å². The van der Waals surface area contributed by atoms with E-state index in [1.807, 2.05) is 24.0 Å². The van der Waals surface area contributed by atoms with Gasteiger partial charge >= 0.3 is 0 Å². The van der Waals surface area contributed by atoms with Crippen LogP contribution in [0.2, 0.25) is 0 Å². The molecule has 3 rings (SSSR count). The van der Waals surface area contributed by atoms with E-state index in [2.05, 4.69) is 32.1 Å². The van der Waals surface area contributed by atoms with Crippen molar-refractivity contribution in [3.63, 3.8) is 0 Å². The Balaban J connectivity index is 1.67. The average Bonchev–Trinajstić information content (AvgIpc) is 3.06. The van der Waals surface area contributed by atoms with Crippen LogP contribution in [0.3, 0.4) is 0 Å². The Kier molecular flexibility index (Phi) is 4.18. The van der Waals surface area contributed by atoms with Crippen LogP contribution in [0.15, 0.2) is 16.7 Å². The lowest BCUT2D eigenvalue weighted by molar-refractivity contribution is 0.0940. The minimum Gasteiger partial charge on any atom is -0.349 e. The molecular weight excluding hydrogens is 336 g/mol. The Morgan fingerprint density at radius 3 is 2.80 bits per heavy atom. The molecule has 2 saturated carbocycles. The summed E-state index contributed by atoms with van der Waals surface area (Å²) < 4.78 is 3.39. The number of nitrogens with zero attached hydrogens (tertiary/aromatic N) is 1. The lowest BCUT2D eigenvalue weighted by atomic mass is 10.1. The summed E-state index contributed by atoms with van der Waals surface area (Å²) in [5.41, 5.74) is 0.800. The van der Waals surface area contributed by atoms with Crippen LogP contribution in [0.1, 0.15) is 55.1 Å². The van der Waals surface area contributed by atoms with E-state index in [9.17, 15) is 4.79 Å². The number of aromatic nitrogens is 1. The molecule has 2 aliphatic carbocycles. The Morgan fingerprint density at radius 1 is 1.50 bits per heavy atom. The van der Waals surface area contributed by atoms with E-state index in [1.165, 1.54) is 38.5 Å². The molecule has 1 heterocycles. The van der Waals surface area contributed by atoms with E-state index >= 15 is 0 Å². The van der Waals surface area contributed by atoms with Crippen molar-refractivity contribution in [1.29, 1.82) is 0 Å². The van der Waals surface area contributed by atoms with Gasteiger partial charge in [-0.05, 0) is 53.9 Å². The zero-order chi connectivity index (χ0) is 14.2. The van der Waals surface area contributed by atoms with Gasteiger partial charge in [0.1, 0.15) is 5.69 Å². The summed E-state index contributed by atoms with van der Waals surface area (Å²) in [7, 11) is 0. The molecular formula is C15H21BrN2OS. The number of carbonyl (C=O) groups excluding carboxylic acids is 1. The van der Waals surface area contributed by atoms with E-state index in [0.29, 0.717) is 6.04 Å². The van der Waals surface area contributed by atoms with Crippen molar-refractivity contribution in [1.82, 2.24) is 9.88 Å². The van der Waals surface area contributed by atoms with Crippen LogP contribution in [-0.2, 0) is 0 Å². The van der Waals surface area contributed by atoms with Crippen LogP contribution in [0.25, 0.3) is 0 Å². The first-order chi connectivity index (χ1) is 9.63. The molecule has 2 fully saturated rings. The van der Waals surface area contributed by atoms with Crippen molar-refractivity contribution in [3.05, 3.63) is 22.4 Å². The number of carbonyl (C=O) groups is 1. The highest BCUT2D eigenvalue weighted by Gasteiger charge is 2.34. The quantitative estimate of drug-likeness (QED) is 0.865. The lowest BCUT2D eigenvalue weighted by Crippen LogP contribution is -2.39. The molecule has 110 valence electrons. The van der Waals surface area contributed by atoms with Gasteiger partial charge in [0, 0.05) is 28.0 Å². The van der Waals surface area contributed by atoms with Crippen LogP contribution < -0.4 is 5.32 Å². The van der Waals surface area contributed by atoms with Gasteiger partial charge in [-0.1, -0.05) is 12.8 Å². The number of rotatable bonds is 5. The molecule has 0 saturated heterocycles. The molecule has 1 aromatic heterocycles. The van der Waals surface area contributed by atoms with Gasteiger partial charge in [0.25, 0.3) is 5.91 Å². The van der Waals surface area contributed by atoms with Gasteiger partial charge in [0.05, 0.1) is 0 Å². The summed E-state index contributed by atoms with van der Waals surface area (Å²) in [5, 5.41) is 3.17. The molecule has 20 heavy (non-hydrogen) atoms. The van der Waals surface area contributed by atoms with E-state index in [-0.39, 0.29) is 10.7 Å². The molecule has 1 amide bonds. The summed E-state index contributed by atoms with van der Waals surface area (Å²) in [6.07, 6.45) is 11.6. The molecule has 2 aliphatic rings. The maximum Gasteiger partial charge on any atom is 0.268 e. The number of halogens is 1. The van der Waals surface area contributed by atoms with Gasteiger partial charge in [0.15, 0.2) is 0 Å². The lowest BCUT2D eigenvalue weighted by Gasteiger charge is -2.27. The number of hydrogen-bond donors (Lipinski definition) is 1. The average molecular weight is 357 g/mol. The predicted octanol–water partition coefficient (Wildman–Crippen LogP) is 3.99. The third-order valence-electron chi connectivity index (χ3n) is 4.51. The third-order valence-corrected chi connectivity index (χ3v) is 6.36. The minimum atomic E-state index is 0.0722. The Morgan fingerprint density at radius 2 is 2.20 bits per heavy atom. The highest BCUT2D eigenvalue weighted by Crippen LogP contribution is 2.40. The van der Waals surface area contributed by atoms with Gasteiger partial charge in [0.2, 0.25) is 0 Å². The normalized spacial score (nSPS) is 21.1. The Labute approximate surface area is 133 Å². The highest BCUT2D eigenvalue weighted by molar-refractivity contribution is 9.10. The monoisotopic (exact) mass is 356 g/mol. The standard InChI is InChI=1S/C15H21BrN2OS/c1-20-15(6-2-3-7-15)10-17-14(19)13-8-11(16)9-18(13)12-4-5-12/h8-9,12H,2-7,10H2,1H3,(H,17,19). The predicted molar refractivity (Wildman–Crippen MR) is 87.5 cm³/mol. The topological polar surface area (TPSA) is 34.0 Å². The molecule has 1 N–H and O–H groups in total. The van der Waals surface area contributed by atoms with E-state index in [0.717, 1.165) is 16.7 Å². The van der Waals surface area contributed by atoms with Gasteiger partial charge in [-0.15, -0.1) is 0 Å². The summed E-state index contributed by atoms with van der Waals surface area (Å²) >= 11 is 5.40.